The molecule has 0 radical (unpaired) electrons. The molecule has 0 aliphatic carbocycles. The van der Waals surface area contributed by atoms with Crippen LogP contribution in [0.4, 0.5) is 0 Å². The Kier molecular flexibility index (Phi) is 6.94. The summed E-state index contributed by atoms with van der Waals surface area (Å²) < 4.78 is 26.9. The molecule has 2 rings (SSSR count). The molecular formula is C14H22Cl2N2O2S. The van der Waals surface area contributed by atoms with Crippen LogP contribution >= 0.6 is 24.0 Å². The number of nitrogens with zero attached hydrogens (tertiary/aromatic N) is 1. The van der Waals surface area contributed by atoms with Crippen LogP contribution in [-0.4, -0.2) is 38.9 Å². The van der Waals surface area contributed by atoms with Crippen molar-refractivity contribution in [2.75, 3.05) is 20.1 Å². The molecule has 1 N–H and O–H groups in total. The molecule has 0 bridgehead atoms. The van der Waals surface area contributed by atoms with E-state index < -0.39 is 10.0 Å². The first-order valence-electron chi connectivity index (χ1n) is 6.94. The van der Waals surface area contributed by atoms with Crippen LogP contribution in [0.15, 0.2) is 23.1 Å². The Labute approximate surface area is 138 Å². The smallest absolute Gasteiger partial charge is 0.244 e. The first-order valence-corrected chi connectivity index (χ1v) is 8.75. The molecule has 0 spiro atoms. The van der Waals surface area contributed by atoms with Crippen LogP contribution in [-0.2, 0) is 16.4 Å². The predicted octanol–water partition coefficient (Wildman–Crippen LogP) is 2.70. The van der Waals surface area contributed by atoms with Gasteiger partial charge in [-0.2, -0.15) is 4.31 Å². The summed E-state index contributed by atoms with van der Waals surface area (Å²) in [7, 11) is -1.90. The maximum atomic E-state index is 12.7. The molecule has 1 heterocycles. The minimum Gasteiger partial charge on any atom is -0.315 e. The van der Waals surface area contributed by atoms with Gasteiger partial charge in [-0.1, -0.05) is 31.0 Å². The Bertz CT molecular complexity index is 572. The maximum Gasteiger partial charge on any atom is 0.244 e. The van der Waals surface area contributed by atoms with Gasteiger partial charge in [-0.15, -0.1) is 12.4 Å². The van der Waals surface area contributed by atoms with E-state index in [1.165, 1.54) is 4.31 Å². The first kappa shape index (κ1) is 18.7. The van der Waals surface area contributed by atoms with Gasteiger partial charge >= 0.3 is 0 Å². The van der Waals surface area contributed by atoms with Gasteiger partial charge in [0.05, 0.1) is 5.02 Å². The van der Waals surface area contributed by atoms with Crippen LogP contribution in [0.5, 0.6) is 0 Å². The maximum absolute atomic E-state index is 12.7. The zero-order valence-corrected chi connectivity index (χ0v) is 14.7. The molecule has 120 valence electrons. The van der Waals surface area contributed by atoms with Gasteiger partial charge in [-0.05, 0) is 37.1 Å². The molecule has 1 atom stereocenters. The lowest BCUT2D eigenvalue weighted by Gasteiger charge is -2.24. The molecule has 4 nitrogen and oxygen atoms in total. The monoisotopic (exact) mass is 352 g/mol. The van der Waals surface area contributed by atoms with Crippen LogP contribution in [0.3, 0.4) is 0 Å². The van der Waals surface area contributed by atoms with Gasteiger partial charge in [0.15, 0.2) is 0 Å². The average molecular weight is 353 g/mol. The fourth-order valence-electron chi connectivity index (χ4n) is 2.49. The van der Waals surface area contributed by atoms with Crippen molar-refractivity contribution in [1.82, 2.24) is 9.62 Å². The van der Waals surface area contributed by atoms with E-state index in [4.69, 9.17) is 11.6 Å². The first-order chi connectivity index (χ1) is 9.46. The SMILES string of the molecule is CCCc1ccc(Cl)c(S(=O)(=O)N(C)C2CCNC2)c1.Cl. The summed E-state index contributed by atoms with van der Waals surface area (Å²) in [6.07, 6.45) is 2.67. The van der Waals surface area contributed by atoms with E-state index in [-0.39, 0.29) is 23.3 Å². The van der Waals surface area contributed by atoms with Gasteiger partial charge in [-0.25, -0.2) is 8.42 Å². The standard InChI is InChI=1S/C14H21ClN2O2S.ClH/c1-3-4-11-5-6-13(15)14(9-11)20(18,19)17(2)12-7-8-16-10-12;/h5-6,9,12,16H,3-4,7-8,10H2,1-2H3;1H. The van der Waals surface area contributed by atoms with Gasteiger partial charge in [0.25, 0.3) is 0 Å². The van der Waals surface area contributed by atoms with Crippen molar-refractivity contribution in [3.8, 4) is 0 Å². The number of likely N-dealkylation sites (N-methyl/N-ethyl adjacent to an activating group) is 1. The highest BCUT2D eigenvalue weighted by atomic mass is 35.5. The summed E-state index contributed by atoms with van der Waals surface area (Å²) in [5, 5.41) is 3.48. The largest absolute Gasteiger partial charge is 0.315 e. The fraction of sp³-hybridized carbons (Fsp3) is 0.571. The molecule has 1 unspecified atom stereocenters. The lowest BCUT2D eigenvalue weighted by Crippen LogP contribution is -2.38. The summed E-state index contributed by atoms with van der Waals surface area (Å²) >= 11 is 6.11. The van der Waals surface area contributed by atoms with Crippen molar-refractivity contribution in [1.29, 1.82) is 0 Å². The normalized spacial score (nSPS) is 18.8. The number of benzene rings is 1. The second kappa shape index (κ2) is 7.79. The van der Waals surface area contributed by atoms with E-state index in [0.29, 0.717) is 11.6 Å². The number of hydrogen-bond donors (Lipinski definition) is 1. The minimum absolute atomic E-state index is 0. The van der Waals surface area contributed by atoms with Crippen molar-refractivity contribution in [2.45, 2.75) is 37.1 Å². The number of hydrogen-bond acceptors (Lipinski definition) is 3. The van der Waals surface area contributed by atoms with Gasteiger partial charge in [0.2, 0.25) is 10.0 Å². The van der Waals surface area contributed by atoms with Crippen LogP contribution in [0.25, 0.3) is 0 Å². The van der Waals surface area contributed by atoms with E-state index in [1.54, 1.807) is 19.2 Å². The Hall–Kier alpha value is -0.330. The number of rotatable bonds is 5. The molecular weight excluding hydrogens is 331 g/mol. The molecule has 1 aromatic rings. The van der Waals surface area contributed by atoms with Gasteiger partial charge in [-0.3, -0.25) is 0 Å². The van der Waals surface area contributed by atoms with Gasteiger partial charge in [0.1, 0.15) is 4.90 Å². The lowest BCUT2D eigenvalue weighted by atomic mass is 10.1. The lowest BCUT2D eigenvalue weighted by molar-refractivity contribution is 0.387. The summed E-state index contributed by atoms with van der Waals surface area (Å²) in [5.74, 6) is 0. The third-order valence-electron chi connectivity index (χ3n) is 3.74. The van der Waals surface area contributed by atoms with Crippen LogP contribution in [0, 0.1) is 0 Å². The van der Waals surface area contributed by atoms with Crippen molar-refractivity contribution in [3.05, 3.63) is 28.8 Å². The number of aryl methyl sites for hydroxylation is 1. The number of nitrogens with one attached hydrogen (secondary N) is 1. The van der Waals surface area contributed by atoms with Crippen molar-refractivity contribution < 1.29 is 8.42 Å². The fourth-order valence-corrected chi connectivity index (χ4v) is 4.40. The molecule has 1 saturated heterocycles. The average Bonchev–Trinajstić information content (AvgIpc) is 2.94. The number of halogens is 2. The summed E-state index contributed by atoms with van der Waals surface area (Å²) in [6.45, 7) is 3.62. The van der Waals surface area contributed by atoms with E-state index in [0.717, 1.165) is 31.4 Å². The molecule has 0 saturated carbocycles. The third-order valence-corrected chi connectivity index (χ3v) is 6.13. The second-order valence-electron chi connectivity index (χ2n) is 5.18. The zero-order chi connectivity index (χ0) is 14.8. The topological polar surface area (TPSA) is 49.4 Å². The van der Waals surface area contributed by atoms with E-state index in [1.807, 2.05) is 6.07 Å². The molecule has 1 aliphatic heterocycles. The van der Waals surface area contributed by atoms with E-state index >= 15 is 0 Å². The summed E-state index contributed by atoms with van der Waals surface area (Å²) in [5.41, 5.74) is 1.01. The van der Waals surface area contributed by atoms with E-state index in [2.05, 4.69) is 12.2 Å². The highest BCUT2D eigenvalue weighted by Crippen LogP contribution is 2.27. The Morgan fingerprint density at radius 3 is 2.71 bits per heavy atom. The van der Waals surface area contributed by atoms with Crippen LogP contribution in [0.2, 0.25) is 5.02 Å². The van der Waals surface area contributed by atoms with Gasteiger partial charge < -0.3 is 5.32 Å². The minimum atomic E-state index is -3.53. The molecule has 1 fully saturated rings. The molecule has 21 heavy (non-hydrogen) atoms. The van der Waals surface area contributed by atoms with Crippen LogP contribution < -0.4 is 5.32 Å². The van der Waals surface area contributed by atoms with Crippen LogP contribution in [0.1, 0.15) is 25.3 Å². The Morgan fingerprint density at radius 1 is 1.43 bits per heavy atom. The third kappa shape index (κ3) is 4.11. The molecule has 7 heteroatoms. The number of sulfonamides is 1. The molecule has 0 amide bonds. The van der Waals surface area contributed by atoms with Crippen molar-refractivity contribution in [3.63, 3.8) is 0 Å². The highest BCUT2D eigenvalue weighted by molar-refractivity contribution is 7.89. The zero-order valence-electron chi connectivity index (χ0n) is 12.3. The quantitative estimate of drug-likeness (QED) is 0.886. The van der Waals surface area contributed by atoms with E-state index in [9.17, 15) is 8.42 Å². The molecule has 1 aromatic carbocycles. The highest BCUT2D eigenvalue weighted by Gasteiger charge is 2.31. The Morgan fingerprint density at radius 2 is 2.14 bits per heavy atom. The second-order valence-corrected chi connectivity index (χ2v) is 7.56. The molecule has 0 aromatic heterocycles. The Balaban J connectivity index is 0.00000220. The molecule has 1 aliphatic rings. The predicted molar refractivity (Wildman–Crippen MR) is 88.9 cm³/mol. The summed E-state index contributed by atoms with van der Waals surface area (Å²) in [6, 6.07) is 5.29. The van der Waals surface area contributed by atoms with Gasteiger partial charge in [0, 0.05) is 19.6 Å². The van der Waals surface area contributed by atoms with Crippen molar-refractivity contribution >= 4 is 34.0 Å². The summed E-state index contributed by atoms with van der Waals surface area (Å²) in [4.78, 5) is 0.222. The van der Waals surface area contributed by atoms with Crippen molar-refractivity contribution in [2.24, 2.45) is 0 Å².